The summed E-state index contributed by atoms with van der Waals surface area (Å²) in [7, 11) is 3.66. The van der Waals surface area contributed by atoms with E-state index < -0.39 is 0 Å². The van der Waals surface area contributed by atoms with E-state index in [-0.39, 0.29) is 5.91 Å². The first-order valence-corrected chi connectivity index (χ1v) is 9.49. The van der Waals surface area contributed by atoms with E-state index in [1.807, 2.05) is 36.3 Å². The number of anilines is 1. The molecule has 0 saturated carbocycles. The lowest BCUT2D eigenvalue weighted by molar-refractivity contribution is 0.0687. The molecular weight excluding hydrogens is 328 g/mol. The first-order chi connectivity index (χ1) is 12.7. The summed E-state index contributed by atoms with van der Waals surface area (Å²) in [6.07, 6.45) is 7.48. The summed E-state index contributed by atoms with van der Waals surface area (Å²) in [5, 5.41) is 6.52. The smallest absolute Gasteiger partial charge is 0.253 e. The van der Waals surface area contributed by atoms with Crippen LogP contribution in [0.2, 0.25) is 0 Å². The van der Waals surface area contributed by atoms with Crippen LogP contribution < -0.4 is 20.3 Å². The second kappa shape index (κ2) is 9.05. The minimum Gasteiger partial charge on any atom is -0.495 e. The van der Waals surface area contributed by atoms with Crippen molar-refractivity contribution in [3.8, 4) is 5.75 Å². The molecule has 0 radical (unpaired) electrons. The van der Waals surface area contributed by atoms with E-state index in [9.17, 15) is 4.79 Å². The van der Waals surface area contributed by atoms with Gasteiger partial charge in [-0.05, 0) is 57.0 Å². The summed E-state index contributed by atoms with van der Waals surface area (Å²) in [6.45, 7) is 4.32. The molecule has 142 valence electrons. The van der Waals surface area contributed by atoms with Crippen molar-refractivity contribution in [2.45, 2.75) is 19.3 Å². The fraction of sp³-hybridized carbons (Fsp3) is 0.550. The van der Waals surface area contributed by atoms with E-state index in [1.54, 1.807) is 7.11 Å². The van der Waals surface area contributed by atoms with Crippen LogP contribution in [-0.4, -0.2) is 57.8 Å². The molecule has 2 aliphatic rings. The Hall–Kier alpha value is -2.05. The topological polar surface area (TPSA) is 56.8 Å². The number of nitrogens with one attached hydrogen (secondary N) is 2. The van der Waals surface area contributed by atoms with Gasteiger partial charge in [-0.15, -0.1) is 0 Å². The van der Waals surface area contributed by atoms with Crippen molar-refractivity contribution >= 4 is 11.6 Å². The Balaban J connectivity index is 1.70. The summed E-state index contributed by atoms with van der Waals surface area (Å²) in [5.74, 6) is 1.62. The lowest BCUT2D eigenvalue weighted by atomic mass is 9.93. The summed E-state index contributed by atoms with van der Waals surface area (Å²) >= 11 is 0. The molecule has 26 heavy (non-hydrogen) atoms. The predicted octanol–water partition coefficient (Wildman–Crippen LogP) is 2.04. The number of likely N-dealkylation sites (tertiary alicyclic amines) is 1. The molecule has 0 atom stereocenters. The molecule has 1 amide bonds. The number of hydrogen-bond donors (Lipinski definition) is 2. The fourth-order valence-corrected chi connectivity index (χ4v) is 3.67. The second-order valence-corrected chi connectivity index (χ2v) is 6.98. The zero-order chi connectivity index (χ0) is 18.4. The van der Waals surface area contributed by atoms with Crippen LogP contribution in [0.4, 0.5) is 5.69 Å². The molecule has 6 nitrogen and oxygen atoms in total. The van der Waals surface area contributed by atoms with Gasteiger partial charge < -0.3 is 19.9 Å². The van der Waals surface area contributed by atoms with Gasteiger partial charge in [0.2, 0.25) is 0 Å². The highest BCUT2D eigenvalue weighted by Crippen LogP contribution is 2.31. The van der Waals surface area contributed by atoms with Crippen molar-refractivity contribution in [3.63, 3.8) is 0 Å². The molecule has 1 aromatic carbocycles. The van der Waals surface area contributed by atoms with E-state index in [4.69, 9.17) is 4.74 Å². The average Bonchev–Trinajstić information content (AvgIpc) is 2.72. The van der Waals surface area contributed by atoms with Crippen molar-refractivity contribution in [1.29, 1.82) is 0 Å². The Kier molecular flexibility index (Phi) is 6.52. The second-order valence-electron chi connectivity index (χ2n) is 6.98. The van der Waals surface area contributed by atoms with E-state index in [1.165, 1.54) is 6.42 Å². The summed E-state index contributed by atoms with van der Waals surface area (Å²) in [5.41, 5.74) is 1.65. The van der Waals surface area contributed by atoms with Gasteiger partial charge in [0.1, 0.15) is 5.75 Å². The van der Waals surface area contributed by atoms with Gasteiger partial charge in [-0.3, -0.25) is 10.1 Å². The highest BCUT2D eigenvalue weighted by atomic mass is 16.5. The van der Waals surface area contributed by atoms with Crippen molar-refractivity contribution in [2.75, 3.05) is 51.9 Å². The van der Waals surface area contributed by atoms with Crippen LogP contribution in [0.1, 0.15) is 29.6 Å². The fourth-order valence-electron chi connectivity index (χ4n) is 3.67. The van der Waals surface area contributed by atoms with Crippen LogP contribution in [-0.2, 0) is 0 Å². The molecule has 2 aliphatic heterocycles. The molecule has 3 rings (SSSR count). The Labute approximate surface area is 156 Å². The quantitative estimate of drug-likeness (QED) is 0.815. The molecule has 2 N–H and O–H groups in total. The van der Waals surface area contributed by atoms with Gasteiger partial charge >= 0.3 is 0 Å². The number of benzene rings is 1. The van der Waals surface area contributed by atoms with Crippen LogP contribution in [0.3, 0.4) is 0 Å². The van der Waals surface area contributed by atoms with E-state index in [2.05, 4.69) is 21.6 Å². The number of piperidine rings is 1. The van der Waals surface area contributed by atoms with Crippen LogP contribution >= 0.6 is 0 Å². The maximum Gasteiger partial charge on any atom is 0.253 e. The largest absolute Gasteiger partial charge is 0.495 e. The molecule has 0 spiro atoms. The SMILES string of the molecule is CNCCC1CCN(C(=O)c2ccc(OC)c(N3C=CCNC3)c2)CC1. The zero-order valence-corrected chi connectivity index (χ0v) is 15.8. The van der Waals surface area contributed by atoms with Crippen LogP contribution in [0.25, 0.3) is 0 Å². The van der Waals surface area contributed by atoms with Crippen LogP contribution in [0, 0.1) is 5.92 Å². The van der Waals surface area contributed by atoms with Gasteiger partial charge in [-0.2, -0.15) is 0 Å². The molecule has 1 fully saturated rings. The number of amides is 1. The highest BCUT2D eigenvalue weighted by Gasteiger charge is 2.24. The number of carbonyl (C=O) groups is 1. The molecular formula is C20H30N4O2. The third-order valence-corrected chi connectivity index (χ3v) is 5.27. The number of rotatable bonds is 6. The summed E-state index contributed by atoms with van der Waals surface area (Å²) in [4.78, 5) is 17.0. The van der Waals surface area contributed by atoms with Crippen LogP contribution in [0.5, 0.6) is 5.75 Å². The highest BCUT2D eigenvalue weighted by molar-refractivity contribution is 5.95. The standard InChI is InChI=1S/C20H30N4O2/c1-21-10-6-16-7-12-23(13-8-16)20(25)17-4-5-19(26-2)18(14-17)24-11-3-9-22-15-24/h3-5,11,14,16,21-22H,6-10,12-13,15H2,1-2H3. The van der Waals surface area contributed by atoms with Gasteiger partial charge in [-0.1, -0.05) is 6.08 Å². The lowest BCUT2D eigenvalue weighted by Gasteiger charge is -2.32. The molecule has 0 aromatic heterocycles. The van der Waals surface area contributed by atoms with Gasteiger partial charge in [0, 0.05) is 31.4 Å². The Morgan fingerprint density at radius 3 is 2.81 bits per heavy atom. The Bertz CT molecular complexity index is 639. The minimum absolute atomic E-state index is 0.120. The monoisotopic (exact) mass is 358 g/mol. The average molecular weight is 358 g/mol. The third-order valence-electron chi connectivity index (χ3n) is 5.27. The first kappa shape index (κ1) is 18.7. The zero-order valence-electron chi connectivity index (χ0n) is 15.8. The molecule has 1 aromatic rings. The molecule has 2 heterocycles. The molecule has 6 heteroatoms. The van der Waals surface area contributed by atoms with Gasteiger partial charge in [-0.25, -0.2) is 0 Å². The Morgan fingerprint density at radius 1 is 1.35 bits per heavy atom. The summed E-state index contributed by atoms with van der Waals surface area (Å²) in [6, 6.07) is 5.72. The summed E-state index contributed by atoms with van der Waals surface area (Å²) < 4.78 is 5.50. The maximum atomic E-state index is 13.0. The van der Waals surface area contributed by atoms with E-state index in [0.717, 1.165) is 61.9 Å². The van der Waals surface area contributed by atoms with Crippen LogP contribution in [0.15, 0.2) is 30.5 Å². The van der Waals surface area contributed by atoms with Crippen molar-refractivity contribution in [3.05, 3.63) is 36.0 Å². The number of methoxy groups -OCH3 is 1. The van der Waals surface area contributed by atoms with Crippen molar-refractivity contribution in [2.24, 2.45) is 5.92 Å². The lowest BCUT2D eigenvalue weighted by Crippen LogP contribution is -2.39. The normalized spacial score (nSPS) is 18.2. The number of hydrogen-bond acceptors (Lipinski definition) is 5. The molecule has 0 unspecified atom stereocenters. The van der Waals surface area contributed by atoms with Gasteiger partial charge in [0.15, 0.2) is 0 Å². The Morgan fingerprint density at radius 2 is 2.15 bits per heavy atom. The van der Waals surface area contributed by atoms with E-state index in [0.29, 0.717) is 6.67 Å². The first-order valence-electron chi connectivity index (χ1n) is 9.49. The number of nitrogens with zero attached hydrogens (tertiary/aromatic N) is 2. The minimum atomic E-state index is 0.120. The molecule has 1 saturated heterocycles. The number of carbonyl (C=O) groups excluding carboxylic acids is 1. The van der Waals surface area contributed by atoms with Crippen molar-refractivity contribution in [1.82, 2.24) is 15.5 Å². The maximum absolute atomic E-state index is 13.0. The van der Waals surface area contributed by atoms with Crippen molar-refractivity contribution < 1.29 is 9.53 Å². The predicted molar refractivity (Wildman–Crippen MR) is 105 cm³/mol. The third kappa shape index (κ3) is 4.37. The van der Waals surface area contributed by atoms with Gasteiger partial charge in [0.05, 0.1) is 19.5 Å². The number of ether oxygens (including phenoxy) is 1. The molecule has 0 aliphatic carbocycles. The molecule has 0 bridgehead atoms. The van der Waals surface area contributed by atoms with E-state index >= 15 is 0 Å². The van der Waals surface area contributed by atoms with Gasteiger partial charge in [0.25, 0.3) is 5.91 Å².